The van der Waals surface area contributed by atoms with Gasteiger partial charge in [0.15, 0.2) is 0 Å². The van der Waals surface area contributed by atoms with Crippen molar-refractivity contribution in [1.29, 1.82) is 0 Å². The number of benzene rings is 7. The van der Waals surface area contributed by atoms with Crippen LogP contribution in [0.2, 0.25) is 0 Å². The van der Waals surface area contributed by atoms with Crippen LogP contribution in [-0.4, -0.2) is 9.97 Å². The third-order valence-electron chi connectivity index (χ3n) is 14.2. The molecular weight excluding hydrogens is 1050 g/mol. The molecule has 0 amide bonds. The third kappa shape index (κ3) is 9.06. The fourth-order valence-corrected chi connectivity index (χ4v) is 10.6. The Morgan fingerprint density at radius 1 is 0.521 bits per heavy atom. The van der Waals surface area contributed by atoms with Crippen LogP contribution in [0.5, 0.6) is 11.5 Å². The first-order valence-electron chi connectivity index (χ1n) is 24.6. The van der Waals surface area contributed by atoms with Gasteiger partial charge in [-0.15, -0.1) is 29.3 Å². The first-order chi connectivity index (χ1) is 33.3. The quantitative estimate of drug-likeness (QED) is 0.149. The molecule has 1 aliphatic rings. The predicted molar refractivity (Wildman–Crippen MR) is 291 cm³/mol. The number of ether oxygens (including phenoxy) is 1. The van der Waals surface area contributed by atoms with Crippen LogP contribution >= 0.6 is 0 Å². The number of nitrogens with zero attached hydrogens (tertiary/aromatic N) is 3. The van der Waals surface area contributed by atoms with Gasteiger partial charge in [-0.3, -0.25) is 4.98 Å². The molecule has 1 aliphatic heterocycles. The maximum atomic E-state index is 7.12. The minimum Gasteiger partial charge on any atom is -0.503 e. The van der Waals surface area contributed by atoms with Crippen LogP contribution in [0, 0.1) is 32.9 Å². The van der Waals surface area contributed by atoms with Gasteiger partial charge in [-0.2, -0.15) is 12.1 Å². The van der Waals surface area contributed by atoms with E-state index in [1.165, 1.54) is 38.9 Å². The van der Waals surface area contributed by atoms with E-state index in [-0.39, 0.29) is 37.3 Å². The molecule has 4 nitrogen and oxygen atoms in total. The molecule has 0 radical (unpaired) electrons. The van der Waals surface area contributed by atoms with Crippen LogP contribution in [-0.2, 0) is 42.7 Å². The number of aromatic nitrogens is 2. The van der Waals surface area contributed by atoms with Crippen LogP contribution in [0.3, 0.4) is 0 Å². The van der Waals surface area contributed by atoms with E-state index in [1.54, 1.807) is 0 Å². The Morgan fingerprint density at radius 3 is 1.73 bits per heavy atom. The number of fused-ring (bicyclic) bond motifs is 3. The summed E-state index contributed by atoms with van der Waals surface area (Å²) in [4.78, 5) is 12.7. The predicted octanol–water partition coefficient (Wildman–Crippen LogP) is 17.3. The summed E-state index contributed by atoms with van der Waals surface area (Å²) in [5, 5.41) is 2.18. The van der Waals surface area contributed by atoms with E-state index >= 15 is 0 Å². The van der Waals surface area contributed by atoms with Crippen molar-refractivity contribution >= 4 is 27.8 Å². The molecule has 5 heteroatoms. The smallest absolute Gasteiger partial charge is 0.503 e. The maximum Gasteiger partial charge on any atom is 2.00 e. The maximum absolute atomic E-state index is 7.12. The molecule has 71 heavy (non-hydrogen) atoms. The number of pyridine rings is 2. The van der Waals surface area contributed by atoms with Crippen LogP contribution in [0.25, 0.3) is 33.2 Å². The molecule has 0 spiro atoms. The van der Waals surface area contributed by atoms with Crippen molar-refractivity contribution in [2.75, 3.05) is 4.90 Å². The summed E-state index contributed by atoms with van der Waals surface area (Å²) in [6.07, 6.45) is 3.81. The zero-order valence-corrected chi connectivity index (χ0v) is 45.4. The molecule has 0 aliphatic carbocycles. The van der Waals surface area contributed by atoms with Gasteiger partial charge in [-0.25, -0.2) is 0 Å². The second-order valence-electron chi connectivity index (χ2n) is 22.4. The molecule has 0 atom stereocenters. The topological polar surface area (TPSA) is 38.2 Å². The molecule has 9 aromatic rings. The van der Waals surface area contributed by atoms with Gasteiger partial charge in [-0.05, 0) is 140 Å². The average Bonchev–Trinajstić information content (AvgIpc) is 3.32. The van der Waals surface area contributed by atoms with Crippen LogP contribution < -0.4 is 9.64 Å². The first-order valence-corrected chi connectivity index (χ1v) is 24.6. The standard InChI is InChI=1S/C66H63N3O.Pt/c1-42-34-43(2)61(44(3)35-42)46-36-47(62-55-21-14-13-18-45(55)31-33-68-62)38-54(37-46)70-53-20-17-19-51(39-53)66(60-22-15-16-32-67-60)56-40-49(64(7,8)9)25-29-58(56)69(52-27-23-48(24-28-52)63(4,5)6)59-30-26-50(41-57(59)66)65(10,11)12;/h13-37,40-41H,1-12H3;/q-2;+2. The number of hydrogen-bond acceptors (Lipinski definition) is 4. The molecule has 0 saturated carbocycles. The zero-order valence-electron chi connectivity index (χ0n) is 43.2. The molecule has 3 heterocycles. The monoisotopic (exact) mass is 1110 g/mol. The van der Waals surface area contributed by atoms with Crippen LogP contribution in [0.1, 0.15) is 118 Å². The van der Waals surface area contributed by atoms with E-state index in [0.29, 0.717) is 11.5 Å². The van der Waals surface area contributed by atoms with Gasteiger partial charge in [0.2, 0.25) is 0 Å². The van der Waals surface area contributed by atoms with Crippen molar-refractivity contribution in [3.8, 4) is 33.9 Å². The Bertz CT molecular complexity index is 3350. The van der Waals surface area contributed by atoms with Crippen molar-refractivity contribution in [3.05, 3.63) is 232 Å². The molecule has 0 N–H and O–H groups in total. The Hall–Kier alpha value is -6.61. The number of hydrogen-bond donors (Lipinski definition) is 0. The summed E-state index contributed by atoms with van der Waals surface area (Å²) in [5.41, 5.74) is 17.6. The first kappa shape index (κ1) is 49.4. The SMILES string of the molecule is Cc1cc(C)c(-c2cc(Oc3[c-]c(C4(c5ccccn5)c5cc(C(C)(C)C)ccc5N(c5ccc(C(C)(C)C)cc5)c5ccc(C(C)(C)C)cc54)ccc3)[c-]c(-c3nccc4ccccc34)c2)c(C)c1.[Pt+2]. The summed E-state index contributed by atoms with van der Waals surface area (Å²) >= 11 is 0. The second-order valence-corrected chi connectivity index (χ2v) is 22.4. The molecule has 10 rings (SSSR count). The molecule has 7 aromatic carbocycles. The molecular formula is C66H63N3OPt. The van der Waals surface area contributed by atoms with Gasteiger partial charge in [0, 0.05) is 29.6 Å². The average molecular weight is 1110 g/mol. The van der Waals surface area contributed by atoms with Gasteiger partial charge in [-0.1, -0.05) is 164 Å². The minimum atomic E-state index is -0.921. The Morgan fingerprint density at radius 2 is 1.13 bits per heavy atom. The van der Waals surface area contributed by atoms with Crippen molar-refractivity contribution in [1.82, 2.24) is 9.97 Å². The second kappa shape index (κ2) is 18.5. The minimum absolute atomic E-state index is 0. The van der Waals surface area contributed by atoms with Crippen molar-refractivity contribution in [3.63, 3.8) is 0 Å². The normalized spacial score (nSPS) is 13.3. The molecule has 0 unspecified atom stereocenters. The van der Waals surface area contributed by atoms with Crippen molar-refractivity contribution in [2.24, 2.45) is 0 Å². The van der Waals surface area contributed by atoms with E-state index in [2.05, 4.69) is 240 Å². The zero-order chi connectivity index (χ0) is 49.3. The number of rotatable bonds is 7. The number of anilines is 3. The number of aryl methyl sites for hydroxylation is 3. The van der Waals surface area contributed by atoms with E-state index < -0.39 is 5.41 Å². The van der Waals surface area contributed by atoms with Gasteiger partial charge >= 0.3 is 21.1 Å². The molecule has 2 aromatic heterocycles. The molecule has 358 valence electrons. The van der Waals surface area contributed by atoms with Crippen molar-refractivity contribution < 1.29 is 25.8 Å². The summed E-state index contributed by atoms with van der Waals surface area (Å²) < 4.78 is 7.12. The summed E-state index contributed by atoms with van der Waals surface area (Å²) in [5.74, 6) is 1.17. The fourth-order valence-electron chi connectivity index (χ4n) is 10.6. The fraction of sp³-hybridized carbons (Fsp3) is 0.242. The Balaban J connectivity index is 0.00000624. The Kier molecular flexibility index (Phi) is 12.9. The van der Waals surface area contributed by atoms with Gasteiger partial charge in [0.05, 0.1) is 22.5 Å². The largest absolute Gasteiger partial charge is 2.00 e. The van der Waals surface area contributed by atoms with E-state index in [0.717, 1.165) is 67.0 Å². The van der Waals surface area contributed by atoms with Crippen LogP contribution in [0.15, 0.2) is 164 Å². The van der Waals surface area contributed by atoms with E-state index in [4.69, 9.17) is 14.7 Å². The summed E-state index contributed by atoms with van der Waals surface area (Å²) in [7, 11) is 0. The van der Waals surface area contributed by atoms with E-state index in [1.807, 2.05) is 24.5 Å². The molecule has 0 fully saturated rings. The van der Waals surface area contributed by atoms with Gasteiger partial charge < -0.3 is 14.6 Å². The van der Waals surface area contributed by atoms with Crippen LogP contribution in [0.4, 0.5) is 17.1 Å². The third-order valence-corrected chi connectivity index (χ3v) is 14.2. The molecule has 0 bridgehead atoms. The van der Waals surface area contributed by atoms with E-state index in [9.17, 15) is 0 Å². The summed E-state index contributed by atoms with van der Waals surface area (Å²) in [6.45, 7) is 27.1. The van der Waals surface area contributed by atoms with Gasteiger partial charge in [0.1, 0.15) is 0 Å². The Labute approximate surface area is 436 Å². The van der Waals surface area contributed by atoms with Crippen molar-refractivity contribution in [2.45, 2.75) is 105 Å². The summed E-state index contributed by atoms with van der Waals surface area (Å²) in [6, 6.07) is 62.8. The molecule has 0 saturated heterocycles. The van der Waals surface area contributed by atoms with Gasteiger partial charge in [0.25, 0.3) is 0 Å².